The molecule has 0 bridgehead atoms. The molecular formula is C9H9IO. The molecule has 0 heterocycles. The number of aliphatic hydroxyl groups excluding tert-OH is 1. The van der Waals surface area contributed by atoms with E-state index in [1.807, 2.05) is 0 Å². The standard InChI is InChI=1S/C9H9IO/c10-7-3-1-6-2-4-9(11)8(6)5-7/h1,3,5,9,11H,2,4H2/t9-/m0/s1. The van der Waals surface area contributed by atoms with Gasteiger partial charge in [-0.15, -0.1) is 0 Å². The van der Waals surface area contributed by atoms with E-state index in [-0.39, 0.29) is 6.10 Å². The molecule has 0 saturated carbocycles. The number of fused-ring (bicyclic) bond motifs is 1. The fraction of sp³-hybridized carbons (Fsp3) is 0.333. The Bertz CT molecular complexity index is 283. The largest absolute Gasteiger partial charge is 0.388 e. The fourth-order valence-electron chi connectivity index (χ4n) is 1.55. The van der Waals surface area contributed by atoms with E-state index < -0.39 is 0 Å². The third kappa shape index (κ3) is 1.29. The monoisotopic (exact) mass is 260 g/mol. The molecule has 2 rings (SSSR count). The minimum Gasteiger partial charge on any atom is -0.388 e. The van der Waals surface area contributed by atoms with Crippen LogP contribution in [0.25, 0.3) is 0 Å². The molecule has 0 saturated heterocycles. The molecular weight excluding hydrogens is 251 g/mol. The number of rotatable bonds is 0. The summed E-state index contributed by atoms with van der Waals surface area (Å²) in [4.78, 5) is 0. The molecule has 0 fully saturated rings. The molecule has 1 aliphatic rings. The highest BCUT2D eigenvalue weighted by Crippen LogP contribution is 2.31. The van der Waals surface area contributed by atoms with Crippen LogP contribution >= 0.6 is 22.6 Å². The van der Waals surface area contributed by atoms with Gasteiger partial charge in [-0.2, -0.15) is 0 Å². The van der Waals surface area contributed by atoms with Crippen LogP contribution in [0.15, 0.2) is 18.2 Å². The van der Waals surface area contributed by atoms with Gasteiger partial charge in [-0.25, -0.2) is 0 Å². The van der Waals surface area contributed by atoms with E-state index in [1.165, 1.54) is 9.13 Å². The van der Waals surface area contributed by atoms with E-state index in [9.17, 15) is 5.11 Å². The van der Waals surface area contributed by atoms with Crippen LogP contribution in [-0.4, -0.2) is 5.11 Å². The van der Waals surface area contributed by atoms with E-state index >= 15 is 0 Å². The first kappa shape index (κ1) is 7.55. The average molecular weight is 260 g/mol. The van der Waals surface area contributed by atoms with Gasteiger partial charge < -0.3 is 5.11 Å². The lowest BCUT2D eigenvalue weighted by atomic mass is 10.1. The minimum atomic E-state index is -0.209. The number of aryl methyl sites for hydroxylation is 1. The van der Waals surface area contributed by atoms with E-state index in [1.54, 1.807) is 0 Å². The summed E-state index contributed by atoms with van der Waals surface area (Å²) >= 11 is 2.27. The molecule has 1 atom stereocenters. The Morgan fingerprint density at radius 3 is 3.09 bits per heavy atom. The summed E-state index contributed by atoms with van der Waals surface area (Å²) in [6.07, 6.45) is 1.72. The van der Waals surface area contributed by atoms with Gasteiger partial charge in [0.05, 0.1) is 6.10 Å². The van der Waals surface area contributed by atoms with Gasteiger partial charge in [0.2, 0.25) is 0 Å². The Labute approximate surface area is 79.6 Å². The van der Waals surface area contributed by atoms with Gasteiger partial charge >= 0.3 is 0 Å². The molecule has 0 radical (unpaired) electrons. The quantitative estimate of drug-likeness (QED) is 0.709. The Hall–Kier alpha value is -0.0900. The molecule has 0 aromatic heterocycles. The summed E-state index contributed by atoms with van der Waals surface area (Å²) in [7, 11) is 0. The van der Waals surface area contributed by atoms with Gasteiger partial charge in [0.25, 0.3) is 0 Å². The number of hydrogen-bond donors (Lipinski definition) is 1. The first-order valence-electron chi connectivity index (χ1n) is 3.74. The number of hydrogen-bond acceptors (Lipinski definition) is 1. The fourth-order valence-corrected chi connectivity index (χ4v) is 2.07. The molecule has 1 nitrogen and oxygen atoms in total. The zero-order valence-electron chi connectivity index (χ0n) is 6.05. The second-order valence-electron chi connectivity index (χ2n) is 2.90. The van der Waals surface area contributed by atoms with Crippen molar-refractivity contribution < 1.29 is 5.11 Å². The van der Waals surface area contributed by atoms with Gasteiger partial charge in [-0.3, -0.25) is 0 Å². The normalized spacial score (nSPS) is 21.8. The van der Waals surface area contributed by atoms with Gasteiger partial charge in [0, 0.05) is 3.57 Å². The maximum absolute atomic E-state index is 9.50. The molecule has 11 heavy (non-hydrogen) atoms. The van der Waals surface area contributed by atoms with Crippen LogP contribution < -0.4 is 0 Å². The zero-order chi connectivity index (χ0) is 7.84. The molecule has 1 aromatic rings. The lowest BCUT2D eigenvalue weighted by Crippen LogP contribution is -1.90. The van der Waals surface area contributed by atoms with Crippen molar-refractivity contribution in [3.63, 3.8) is 0 Å². The van der Waals surface area contributed by atoms with Gasteiger partial charge in [0.15, 0.2) is 0 Å². The van der Waals surface area contributed by atoms with Crippen molar-refractivity contribution in [2.75, 3.05) is 0 Å². The minimum absolute atomic E-state index is 0.209. The first-order chi connectivity index (χ1) is 5.27. The summed E-state index contributed by atoms with van der Waals surface area (Å²) in [5.41, 5.74) is 2.45. The Morgan fingerprint density at radius 1 is 1.45 bits per heavy atom. The van der Waals surface area contributed by atoms with E-state index in [0.29, 0.717) is 0 Å². The van der Waals surface area contributed by atoms with Crippen molar-refractivity contribution in [2.24, 2.45) is 0 Å². The van der Waals surface area contributed by atoms with Crippen molar-refractivity contribution >= 4 is 22.6 Å². The molecule has 0 spiro atoms. The number of benzene rings is 1. The summed E-state index contributed by atoms with van der Waals surface area (Å²) < 4.78 is 1.21. The molecule has 1 N–H and O–H groups in total. The topological polar surface area (TPSA) is 20.2 Å². The molecule has 1 aromatic carbocycles. The second-order valence-corrected chi connectivity index (χ2v) is 4.14. The first-order valence-corrected chi connectivity index (χ1v) is 4.81. The lowest BCUT2D eigenvalue weighted by molar-refractivity contribution is 0.180. The van der Waals surface area contributed by atoms with Gasteiger partial charge in [0.1, 0.15) is 0 Å². The van der Waals surface area contributed by atoms with Crippen LogP contribution in [0.2, 0.25) is 0 Å². The van der Waals surface area contributed by atoms with Crippen LogP contribution in [0.5, 0.6) is 0 Å². The van der Waals surface area contributed by atoms with Crippen molar-refractivity contribution in [2.45, 2.75) is 18.9 Å². The summed E-state index contributed by atoms with van der Waals surface area (Å²) in [5, 5.41) is 9.50. The lowest BCUT2D eigenvalue weighted by Gasteiger charge is -2.02. The van der Waals surface area contributed by atoms with Crippen molar-refractivity contribution in [1.82, 2.24) is 0 Å². The zero-order valence-corrected chi connectivity index (χ0v) is 8.21. The van der Waals surface area contributed by atoms with Crippen molar-refractivity contribution in [1.29, 1.82) is 0 Å². The third-order valence-corrected chi connectivity index (χ3v) is 2.83. The van der Waals surface area contributed by atoms with E-state index in [4.69, 9.17) is 0 Å². The highest BCUT2D eigenvalue weighted by atomic mass is 127. The second kappa shape index (κ2) is 2.75. The molecule has 58 valence electrons. The molecule has 2 heteroatoms. The Kier molecular flexibility index (Phi) is 1.89. The van der Waals surface area contributed by atoms with Crippen LogP contribution in [-0.2, 0) is 6.42 Å². The summed E-state index contributed by atoms with van der Waals surface area (Å²) in [5.74, 6) is 0. The highest BCUT2D eigenvalue weighted by molar-refractivity contribution is 14.1. The molecule has 0 amide bonds. The summed E-state index contributed by atoms with van der Waals surface area (Å²) in [6.45, 7) is 0. The van der Waals surface area contributed by atoms with Crippen LogP contribution in [0, 0.1) is 3.57 Å². The Balaban J connectivity index is 2.52. The van der Waals surface area contributed by atoms with E-state index in [2.05, 4.69) is 40.8 Å². The maximum Gasteiger partial charge on any atom is 0.0796 e. The van der Waals surface area contributed by atoms with Crippen molar-refractivity contribution in [3.8, 4) is 0 Å². The molecule has 0 unspecified atom stereocenters. The van der Waals surface area contributed by atoms with Crippen molar-refractivity contribution in [3.05, 3.63) is 32.9 Å². The average Bonchev–Trinajstić information content (AvgIpc) is 2.33. The smallest absolute Gasteiger partial charge is 0.0796 e. The third-order valence-electron chi connectivity index (χ3n) is 2.15. The number of aliphatic hydroxyl groups is 1. The van der Waals surface area contributed by atoms with E-state index in [0.717, 1.165) is 18.4 Å². The van der Waals surface area contributed by atoms with Crippen LogP contribution in [0.3, 0.4) is 0 Å². The maximum atomic E-state index is 9.50. The number of halogens is 1. The van der Waals surface area contributed by atoms with Crippen LogP contribution in [0.4, 0.5) is 0 Å². The van der Waals surface area contributed by atoms with Gasteiger partial charge in [-0.1, -0.05) is 6.07 Å². The SMILES string of the molecule is O[C@H]1CCc2ccc(I)cc21. The summed E-state index contributed by atoms with van der Waals surface area (Å²) in [6, 6.07) is 6.29. The van der Waals surface area contributed by atoms with Crippen LogP contribution in [0.1, 0.15) is 23.7 Å². The predicted octanol–water partition coefficient (Wildman–Crippen LogP) is 2.27. The van der Waals surface area contributed by atoms with Gasteiger partial charge in [-0.05, 0) is 58.7 Å². The molecule has 0 aliphatic heterocycles. The molecule has 1 aliphatic carbocycles. The Morgan fingerprint density at radius 2 is 2.27 bits per heavy atom. The predicted molar refractivity (Wildman–Crippen MR) is 52.4 cm³/mol. The highest BCUT2D eigenvalue weighted by Gasteiger charge is 2.19.